The highest BCUT2D eigenvalue weighted by atomic mass is 35.5. The van der Waals surface area contributed by atoms with Crippen molar-refractivity contribution in [2.24, 2.45) is 0 Å². The maximum atomic E-state index is 6.50. The molecule has 1 aliphatic rings. The second-order valence-corrected chi connectivity index (χ2v) is 7.10. The summed E-state index contributed by atoms with van der Waals surface area (Å²) in [5.41, 5.74) is 2.97. The van der Waals surface area contributed by atoms with Crippen LogP contribution in [0.15, 0.2) is 48.5 Å². The Balaban J connectivity index is 1.49. The molecule has 1 N–H and O–H groups in total. The van der Waals surface area contributed by atoms with Gasteiger partial charge in [0, 0.05) is 27.5 Å². The first-order valence-electron chi connectivity index (χ1n) is 7.27. The first-order valence-corrected chi connectivity index (χ1v) is 8.47. The van der Waals surface area contributed by atoms with Crippen LogP contribution in [-0.2, 0) is 19.4 Å². The SMILES string of the molecule is Clc1c(CNC2Cc3ccccc3C2)sc2ccccc12. The molecule has 4 rings (SSSR count). The first-order chi connectivity index (χ1) is 10.3. The van der Waals surface area contributed by atoms with E-state index in [-0.39, 0.29) is 0 Å². The zero-order chi connectivity index (χ0) is 14.2. The Morgan fingerprint density at radius 1 is 1.00 bits per heavy atom. The maximum Gasteiger partial charge on any atom is 0.0636 e. The van der Waals surface area contributed by atoms with Crippen LogP contribution in [0.3, 0.4) is 0 Å². The van der Waals surface area contributed by atoms with Gasteiger partial charge in [-0.25, -0.2) is 0 Å². The summed E-state index contributed by atoms with van der Waals surface area (Å²) in [6, 6.07) is 17.6. The Labute approximate surface area is 133 Å². The second kappa shape index (κ2) is 5.45. The molecule has 0 bridgehead atoms. The molecule has 1 aliphatic carbocycles. The molecule has 0 saturated heterocycles. The number of halogens is 1. The second-order valence-electron chi connectivity index (χ2n) is 5.59. The van der Waals surface area contributed by atoms with Gasteiger partial charge in [-0.1, -0.05) is 54.1 Å². The van der Waals surface area contributed by atoms with Crippen LogP contribution in [-0.4, -0.2) is 6.04 Å². The van der Waals surface area contributed by atoms with Crippen LogP contribution in [0, 0.1) is 0 Å². The zero-order valence-corrected chi connectivity index (χ0v) is 13.2. The molecule has 1 heterocycles. The van der Waals surface area contributed by atoms with Gasteiger partial charge in [-0.2, -0.15) is 0 Å². The summed E-state index contributed by atoms with van der Waals surface area (Å²) in [6.45, 7) is 0.858. The molecule has 2 aromatic carbocycles. The molecule has 1 aromatic heterocycles. The van der Waals surface area contributed by atoms with Crippen molar-refractivity contribution in [2.45, 2.75) is 25.4 Å². The third-order valence-corrected chi connectivity index (χ3v) is 5.92. The fourth-order valence-corrected chi connectivity index (χ4v) is 4.57. The Morgan fingerprint density at radius 3 is 2.38 bits per heavy atom. The molecule has 21 heavy (non-hydrogen) atoms. The predicted molar refractivity (Wildman–Crippen MR) is 91.3 cm³/mol. The first kappa shape index (κ1) is 13.3. The number of nitrogens with one attached hydrogen (secondary N) is 1. The number of hydrogen-bond acceptors (Lipinski definition) is 2. The lowest BCUT2D eigenvalue weighted by Gasteiger charge is -2.11. The van der Waals surface area contributed by atoms with Crippen LogP contribution in [0.2, 0.25) is 5.02 Å². The number of rotatable bonds is 3. The van der Waals surface area contributed by atoms with Gasteiger partial charge < -0.3 is 5.32 Å². The molecule has 0 radical (unpaired) electrons. The third-order valence-electron chi connectivity index (χ3n) is 4.20. The van der Waals surface area contributed by atoms with E-state index in [0.717, 1.165) is 24.4 Å². The van der Waals surface area contributed by atoms with Gasteiger partial charge >= 0.3 is 0 Å². The van der Waals surface area contributed by atoms with Gasteiger partial charge in [0.05, 0.1) is 5.02 Å². The normalized spacial score (nSPS) is 14.7. The lowest BCUT2D eigenvalue weighted by atomic mass is 10.1. The quantitative estimate of drug-likeness (QED) is 0.731. The number of fused-ring (bicyclic) bond motifs is 2. The van der Waals surface area contributed by atoms with Gasteiger partial charge in [0.15, 0.2) is 0 Å². The Kier molecular flexibility index (Phi) is 3.46. The summed E-state index contributed by atoms with van der Waals surface area (Å²) < 4.78 is 1.27. The summed E-state index contributed by atoms with van der Waals surface area (Å²) in [5, 5.41) is 5.76. The fraction of sp³-hybridized carbons (Fsp3) is 0.222. The van der Waals surface area contributed by atoms with Crippen LogP contribution in [0.5, 0.6) is 0 Å². The Hall–Kier alpha value is -1.35. The topological polar surface area (TPSA) is 12.0 Å². The van der Waals surface area contributed by atoms with Gasteiger partial charge in [-0.3, -0.25) is 0 Å². The summed E-state index contributed by atoms with van der Waals surface area (Å²) >= 11 is 8.30. The highest BCUT2D eigenvalue weighted by Gasteiger charge is 2.21. The number of benzene rings is 2. The van der Waals surface area contributed by atoms with E-state index in [9.17, 15) is 0 Å². The number of hydrogen-bond donors (Lipinski definition) is 1. The lowest BCUT2D eigenvalue weighted by Crippen LogP contribution is -2.28. The fourth-order valence-electron chi connectivity index (χ4n) is 3.12. The van der Waals surface area contributed by atoms with Crippen molar-refractivity contribution in [1.29, 1.82) is 0 Å². The molecular weight excluding hydrogens is 298 g/mol. The van der Waals surface area contributed by atoms with E-state index in [4.69, 9.17) is 11.6 Å². The van der Waals surface area contributed by atoms with Crippen LogP contribution in [0.4, 0.5) is 0 Å². The molecule has 1 nitrogen and oxygen atoms in total. The van der Waals surface area contributed by atoms with E-state index in [1.54, 1.807) is 11.3 Å². The minimum Gasteiger partial charge on any atom is -0.308 e. The molecular formula is C18H16ClNS. The highest BCUT2D eigenvalue weighted by molar-refractivity contribution is 7.19. The van der Waals surface area contributed by atoms with Crippen molar-refractivity contribution in [1.82, 2.24) is 5.32 Å². The van der Waals surface area contributed by atoms with Crippen molar-refractivity contribution in [3.8, 4) is 0 Å². The molecule has 0 unspecified atom stereocenters. The van der Waals surface area contributed by atoms with E-state index in [1.807, 2.05) is 6.07 Å². The summed E-state index contributed by atoms with van der Waals surface area (Å²) in [5.74, 6) is 0. The van der Waals surface area contributed by atoms with Gasteiger partial charge in [0.1, 0.15) is 0 Å². The molecule has 3 heteroatoms. The smallest absolute Gasteiger partial charge is 0.0636 e. The average molecular weight is 314 g/mol. The van der Waals surface area contributed by atoms with Crippen molar-refractivity contribution in [2.75, 3.05) is 0 Å². The van der Waals surface area contributed by atoms with Crippen molar-refractivity contribution >= 4 is 33.0 Å². The van der Waals surface area contributed by atoms with Crippen molar-refractivity contribution in [3.63, 3.8) is 0 Å². The summed E-state index contributed by atoms with van der Waals surface area (Å²) in [4.78, 5) is 1.24. The van der Waals surface area contributed by atoms with Gasteiger partial charge in [0.2, 0.25) is 0 Å². The maximum absolute atomic E-state index is 6.50. The van der Waals surface area contributed by atoms with Crippen molar-refractivity contribution in [3.05, 3.63) is 69.6 Å². The van der Waals surface area contributed by atoms with Crippen LogP contribution in [0.25, 0.3) is 10.1 Å². The minimum atomic E-state index is 0.531. The molecule has 106 valence electrons. The predicted octanol–water partition coefficient (Wildman–Crippen LogP) is 4.81. The molecule has 0 saturated carbocycles. The molecule has 0 atom stereocenters. The largest absolute Gasteiger partial charge is 0.308 e. The third kappa shape index (κ3) is 2.48. The number of thiophene rings is 1. The molecule has 3 aromatic rings. The summed E-state index contributed by atoms with van der Waals surface area (Å²) in [7, 11) is 0. The van der Waals surface area contributed by atoms with Gasteiger partial charge in [0.25, 0.3) is 0 Å². The monoisotopic (exact) mass is 313 g/mol. The van der Waals surface area contributed by atoms with Gasteiger partial charge in [-0.15, -0.1) is 11.3 Å². The van der Waals surface area contributed by atoms with E-state index in [0.29, 0.717) is 6.04 Å². The average Bonchev–Trinajstić information content (AvgIpc) is 3.07. The van der Waals surface area contributed by atoms with E-state index in [1.165, 1.54) is 26.1 Å². The Morgan fingerprint density at radius 2 is 1.67 bits per heavy atom. The van der Waals surface area contributed by atoms with Gasteiger partial charge in [-0.05, 0) is 30.0 Å². The lowest BCUT2D eigenvalue weighted by molar-refractivity contribution is 0.536. The van der Waals surface area contributed by atoms with E-state index in [2.05, 4.69) is 47.8 Å². The highest BCUT2D eigenvalue weighted by Crippen LogP contribution is 2.35. The summed E-state index contributed by atoms with van der Waals surface area (Å²) in [6.07, 6.45) is 2.25. The van der Waals surface area contributed by atoms with E-state index < -0.39 is 0 Å². The Bertz CT molecular complexity index is 768. The zero-order valence-electron chi connectivity index (χ0n) is 11.6. The van der Waals surface area contributed by atoms with Crippen LogP contribution >= 0.6 is 22.9 Å². The van der Waals surface area contributed by atoms with Crippen LogP contribution in [0.1, 0.15) is 16.0 Å². The molecule has 0 amide bonds. The van der Waals surface area contributed by atoms with Crippen molar-refractivity contribution < 1.29 is 0 Å². The van der Waals surface area contributed by atoms with E-state index >= 15 is 0 Å². The molecule has 0 aliphatic heterocycles. The molecule has 0 spiro atoms. The molecule has 0 fully saturated rings. The minimum absolute atomic E-state index is 0.531. The van der Waals surface area contributed by atoms with Crippen LogP contribution < -0.4 is 5.32 Å². The standard InChI is InChI=1S/C18H16ClNS/c19-18-15-7-3-4-8-16(15)21-17(18)11-20-14-9-12-5-1-2-6-13(12)10-14/h1-8,14,20H,9-11H2.